The number of rotatable bonds is 7. The molecule has 5 aromatic rings. The van der Waals surface area contributed by atoms with Crippen molar-refractivity contribution >= 4 is 58.5 Å². The van der Waals surface area contributed by atoms with Gasteiger partial charge in [-0.15, -0.1) is 15.2 Å². The SMILES string of the molecule is Cc1cnc(N2CC3(CCOCC3)C2)c(C(=O)Nc2ccc(C(=O)N3CCc4cc(C(=O)c5nc(C)c(C)n5SF)sc4-c4ccc(F)cc43)cc2)c1. The van der Waals surface area contributed by atoms with Gasteiger partial charge in [0, 0.05) is 66.2 Å². The zero-order valence-corrected chi connectivity index (χ0v) is 31.0. The summed E-state index contributed by atoms with van der Waals surface area (Å²) in [5, 5.41) is 2.97. The molecule has 3 aromatic heterocycles. The topological polar surface area (TPSA) is 110 Å². The number of ketones is 1. The number of pyridine rings is 1. The van der Waals surface area contributed by atoms with Crippen molar-refractivity contribution in [3.05, 3.63) is 111 Å². The Kier molecular flexibility index (Phi) is 9.15. The molecule has 6 heterocycles. The van der Waals surface area contributed by atoms with E-state index in [1.807, 2.05) is 13.0 Å². The second-order valence-electron chi connectivity index (χ2n) is 14.0. The van der Waals surface area contributed by atoms with Crippen molar-refractivity contribution in [2.45, 2.75) is 40.0 Å². The van der Waals surface area contributed by atoms with Gasteiger partial charge in [0.15, 0.2) is 18.2 Å². The predicted octanol–water partition coefficient (Wildman–Crippen LogP) is 7.75. The van der Waals surface area contributed by atoms with E-state index >= 15 is 0 Å². The van der Waals surface area contributed by atoms with E-state index in [0.717, 1.165) is 55.1 Å². The normalized spacial score (nSPS) is 16.1. The van der Waals surface area contributed by atoms with Gasteiger partial charge in [0.1, 0.15) is 11.6 Å². The van der Waals surface area contributed by atoms with Gasteiger partial charge in [0.2, 0.25) is 5.78 Å². The minimum Gasteiger partial charge on any atom is -0.381 e. The smallest absolute Gasteiger partial charge is 0.259 e. The highest BCUT2D eigenvalue weighted by molar-refractivity contribution is 7.92. The largest absolute Gasteiger partial charge is 0.381 e. The molecule has 1 spiro atoms. The van der Waals surface area contributed by atoms with E-state index < -0.39 is 11.6 Å². The molecule has 3 aliphatic heterocycles. The van der Waals surface area contributed by atoms with Gasteiger partial charge < -0.3 is 19.9 Å². The van der Waals surface area contributed by atoms with Crippen LogP contribution in [0.4, 0.5) is 25.5 Å². The third-order valence-electron chi connectivity index (χ3n) is 10.5. The molecule has 272 valence electrons. The number of amides is 2. The molecule has 10 nitrogen and oxygen atoms in total. The Morgan fingerprint density at radius 3 is 2.49 bits per heavy atom. The standard InChI is InChI=1S/C39H36F2N6O4S2/c1-22-16-30(35(42-19-22)45-20-39(21-45)11-14-51-15-12-39)37(49)44-28-7-4-25(5-8-28)38(50)46-13-10-26-17-32(33(48)36-43-23(2)24(3)47(36)53-41)52-34(26)29-9-6-27(40)18-31(29)46/h4-9,16-19H,10-15,20-21H2,1-3H3,(H,44,49). The Morgan fingerprint density at radius 2 is 1.75 bits per heavy atom. The first kappa shape index (κ1) is 35.1. The number of ether oxygens (including phenoxy) is 1. The van der Waals surface area contributed by atoms with Gasteiger partial charge >= 0.3 is 0 Å². The molecule has 0 unspecified atom stereocenters. The molecule has 2 aromatic carbocycles. The van der Waals surface area contributed by atoms with Gasteiger partial charge in [-0.1, -0.05) is 0 Å². The summed E-state index contributed by atoms with van der Waals surface area (Å²) in [6.45, 7) is 8.75. The second-order valence-corrected chi connectivity index (χ2v) is 15.6. The van der Waals surface area contributed by atoms with Crippen molar-refractivity contribution in [2.24, 2.45) is 5.41 Å². The van der Waals surface area contributed by atoms with Crippen LogP contribution in [0.2, 0.25) is 0 Å². The Labute approximate surface area is 313 Å². The number of hydrogen-bond acceptors (Lipinski definition) is 9. The molecule has 2 saturated heterocycles. The van der Waals surface area contributed by atoms with Gasteiger partial charge in [-0.05, 0) is 106 Å². The molecule has 14 heteroatoms. The number of nitrogens with zero attached hydrogens (tertiary/aromatic N) is 5. The molecule has 0 atom stereocenters. The van der Waals surface area contributed by atoms with Gasteiger partial charge in [0.05, 0.1) is 27.5 Å². The number of aryl methyl sites for hydroxylation is 2. The Hall–Kier alpha value is -4.92. The summed E-state index contributed by atoms with van der Waals surface area (Å²) in [6, 6.07) is 14.5. The Balaban J connectivity index is 1.01. The third kappa shape index (κ3) is 6.42. The number of nitrogens with one attached hydrogen (secondary N) is 1. The third-order valence-corrected chi connectivity index (χ3v) is 12.3. The maximum Gasteiger partial charge on any atom is 0.259 e. The molecule has 53 heavy (non-hydrogen) atoms. The summed E-state index contributed by atoms with van der Waals surface area (Å²) in [6.07, 6.45) is 4.19. The van der Waals surface area contributed by atoms with Crippen LogP contribution in [0.25, 0.3) is 10.4 Å². The van der Waals surface area contributed by atoms with Crippen LogP contribution in [-0.4, -0.2) is 64.4 Å². The molecular weight excluding hydrogens is 719 g/mol. The van der Waals surface area contributed by atoms with E-state index in [9.17, 15) is 22.7 Å². The lowest BCUT2D eigenvalue weighted by Gasteiger charge is -2.53. The Morgan fingerprint density at radius 1 is 1.00 bits per heavy atom. The second kappa shape index (κ2) is 13.8. The lowest BCUT2D eigenvalue weighted by molar-refractivity contribution is -0.000511. The predicted molar refractivity (Wildman–Crippen MR) is 202 cm³/mol. The van der Waals surface area contributed by atoms with Crippen molar-refractivity contribution in [1.29, 1.82) is 0 Å². The molecule has 0 bridgehead atoms. The fourth-order valence-electron chi connectivity index (χ4n) is 7.43. The minimum absolute atomic E-state index is 0.00435. The highest BCUT2D eigenvalue weighted by Gasteiger charge is 2.45. The average Bonchev–Trinajstić information content (AvgIpc) is 3.66. The molecule has 0 radical (unpaired) electrons. The first-order valence-corrected chi connectivity index (χ1v) is 18.9. The minimum atomic E-state index is -0.505. The molecule has 0 saturated carbocycles. The van der Waals surface area contributed by atoms with Crippen LogP contribution in [0, 0.1) is 32.0 Å². The van der Waals surface area contributed by atoms with E-state index in [1.54, 1.807) is 61.3 Å². The van der Waals surface area contributed by atoms with Crippen LogP contribution in [0.1, 0.15) is 71.6 Å². The van der Waals surface area contributed by atoms with E-state index in [1.165, 1.54) is 27.4 Å². The van der Waals surface area contributed by atoms with Crippen LogP contribution in [-0.2, 0) is 11.2 Å². The summed E-state index contributed by atoms with van der Waals surface area (Å²) in [5.74, 6) is -0.887. The monoisotopic (exact) mass is 754 g/mol. The number of halogens is 2. The zero-order valence-electron chi connectivity index (χ0n) is 29.4. The van der Waals surface area contributed by atoms with E-state index in [-0.39, 0.29) is 41.9 Å². The summed E-state index contributed by atoms with van der Waals surface area (Å²) in [4.78, 5) is 54.9. The number of fused-ring (bicyclic) bond motifs is 3. The number of aromatic nitrogens is 3. The number of benzene rings is 2. The lowest BCUT2D eigenvalue weighted by Crippen LogP contribution is -2.59. The highest BCUT2D eigenvalue weighted by Crippen LogP contribution is 2.44. The number of anilines is 3. The van der Waals surface area contributed by atoms with Gasteiger partial charge in [-0.3, -0.25) is 14.4 Å². The summed E-state index contributed by atoms with van der Waals surface area (Å²) >= 11 is 1.15. The molecule has 2 amide bonds. The number of imidazole rings is 1. The van der Waals surface area contributed by atoms with Gasteiger partial charge in [0.25, 0.3) is 11.8 Å². The van der Waals surface area contributed by atoms with Crippen LogP contribution in [0.15, 0.2) is 60.8 Å². The maximum absolute atomic E-state index is 14.8. The quantitative estimate of drug-likeness (QED) is 0.168. The summed E-state index contributed by atoms with van der Waals surface area (Å²) < 4.78 is 35.3. The molecule has 2 fully saturated rings. The number of carbonyl (C=O) groups excluding carboxylic acids is 3. The van der Waals surface area contributed by atoms with Crippen molar-refractivity contribution in [2.75, 3.05) is 48.0 Å². The van der Waals surface area contributed by atoms with Crippen LogP contribution >= 0.6 is 23.7 Å². The lowest BCUT2D eigenvalue weighted by atomic mass is 9.73. The average molecular weight is 755 g/mol. The van der Waals surface area contributed by atoms with Crippen molar-refractivity contribution < 1.29 is 27.4 Å². The van der Waals surface area contributed by atoms with E-state index in [4.69, 9.17) is 4.74 Å². The summed E-state index contributed by atoms with van der Waals surface area (Å²) in [7, 11) is 0. The van der Waals surface area contributed by atoms with Crippen LogP contribution in [0.5, 0.6) is 0 Å². The number of hydrogen-bond donors (Lipinski definition) is 1. The van der Waals surface area contributed by atoms with E-state index in [2.05, 4.69) is 20.2 Å². The summed E-state index contributed by atoms with van der Waals surface area (Å²) in [5.41, 5.74) is 5.39. The highest BCUT2D eigenvalue weighted by atomic mass is 32.2. The zero-order chi connectivity index (χ0) is 37.0. The van der Waals surface area contributed by atoms with Crippen molar-refractivity contribution in [1.82, 2.24) is 13.9 Å². The first-order chi connectivity index (χ1) is 25.5. The molecular formula is C39H36F2N6O4S2. The van der Waals surface area contributed by atoms with Gasteiger partial charge in [-0.25, -0.2) is 18.3 Å². The Bertz CT molecular complexity index is 2270. The van der Waals surface area contributed by atoms with Crippen molar-refractivity contribution in [3.63, 3.8) is 0 Å². The maximum atomic E-state index is 14.8. The van der Waals surface area contributed by atoms with Crippen molar-refractivity contribution in [3.8, 4) is 10.4 Å². The fraction of sp³-hybridized carbons (Fsp3) is 0.308. The molecule has 8 rings (SSSR count). The molecule has 3 aliphatic rings. The number of thiophene rings is 1. The first-order valence-electron chi connectivity index (χ1n) is 17.4. The van der Waals surface area contributed by atoms with Crippen LogP contribution < -0.4 is 15.1 Å². The van der Waals surface area contributed by atoms with E-state index in [0.29, 0.717) is 56.6 Å². The number of carbonyl (C=O) groups is 3. The molecule has 1 N–H and O–H groups in total. The van der Waals surface area contributed by atoms with Gasteiger partial charge in [-0.2, -0.15) is 0 Å². The van der Waals surface area contributed by atoms with Crippen LogP contribution in [0.3, 0.4) is 0 Å². The molecule has 0 aliphatic carbocycles. The fourth-order valence-corrected chi connectivity index (χ4v) is 9.04.